The van der Waals surface area contributed by atoms with Crippen molar-refractivity contribution in [3.8, 4) is 0 Å². The van der Waals surface area contributed by atoms with Gasteiger partial charge in [0.25, 0.3) is 0 Å². The summed E-state index contributed by atoms with van der Waals surface area (Å²) in [5, 5.41) is 4.49. The van der Waals surface area contributed by atoms with Gasteiger partial charge >= 0.3 is 0 Å². The fraction of sp³-hybridized carbons (Fsp3) is 0.750. The van der Waals surface area contributed by atoms with Gasteiger partial charge in [-0.25, -0.2) is 4.98 Å². The summed E-state index contributed by atoms with van der Waals surface area (Å²) in [6, 6.07) is 0. The molecule has 1 aromatic heterocycles. The second-order valence-corrected chi connectivity index (χ2v) is 5.55. The highest BCUT2D eigenvalue weighted by molar-refractivity contribution is 7.11. The average molecular weight is 242 g/mol. The zero-order valence-corrected chi connectivity index (χ0v) is 11.4. The van der Waals surface area contributed by atoms with Crippen LogP contribution < -0.4 is 5.32 Å². The quantitative estimate of drug-likeness (QED) is 0.747. The lowest BCUT2D eigenvalue weighted by molar-refractivity contribution is 0.0807. The molecule has 4 heteroatoms. The fourth-order valence-corrected chi connectivity index (χ4v) is 2.13. The fourth-order valence-electron chi connectivity index (χ4n) is 1.24. The first-order valence-corrected chi connectivity index (χ1v) is 6.68. The van der Waals surface area contributed by atoms with Gasteiger partial charge in [0.15, 0.2) is 0 Å². The lowest BCUT2D eigenvalue weighted by atomic mass is 10.2. The van der Waals surface area contributed by atoms with Crippen molar-refractivity contribution in [3.63, 3.8) is 0 Å². The van der Waals surface area contributed by atoms with E-state index in [-0.39, 0.29) is 0 Å². The molecule has 0 aromatic carbocycles. The van der Waals surface area contributed by atoms with Gasteiger partial charge in [-0.15, -0.1) is 11.3 Å². The summed E-state index contributed by atoms with van der Waals surface area (Å²) in [4.78, 5) is 5.74. The molecule has 0 fully saturated rings. The first-order valence-electron chi connectivity index (χ1n) is 5.86. The molecule has 92 valence electrons. The Kier molecular flexibility index (Phi) is 5.95. The molecule has 1 aromatic rings. The number of thiazole rings is 1. The summed E-state index contributed by atoms with van der Waals surface area (Å²) in [5.74, 6) is 0.579. The third-order valence-electron chi connectivity index (χ3n) is 2.15. The maximum absolute atomic E-state index is 5.44. The van der Waals surface area contributed by atoms with E-state index in [1.54, 1.807) is 11.3 Å². The molecule has 0 aliphatic carbocycles. The molecule has 3 nitrogen and oxygen atoms in total. The standard InChI is InChI=1S/C12H22N2OS/c1-9(2)11-7-14-12(16-11)8-13-5-6-15-10(3)4/h7,9-10,13H,5-6,8H2,1-4H3. The zero-order valence-electron chi connectivity index (χ0n) is 10.6. The van der Waals surface area contributed by atoms with Crippen LogP contribution in [0.3, 0.4) is 0 Å². The highest BCUT2D eigenvalue weighted by Crippen LogP contribution is 2.21. The predicted molar refractivity (Wildman–Crippen MR) is 69.0 cm³/mol. The van der Waals surface area contributed by atoms with Crippen molar-refractivity contribution < 1.29 is 4.74 Å². The molecule has 0 spiro atoms. The molecule has 0 bridgehead atoms. The monoisotopic (exact) mass is 242 g/mol. The summed E-state index contributed by atoms with van der Waals surface area (Å²) in [6.45, 7) is 11.0. The second kappa shape index (κ2) is 6.99. The minimum absolute atomic E-state index is 0.314. The van der Waals surface area contributed by atoms with Crippen molar-refractivity contribution in [2.75, 3.05) is 13.2 Å². The molecule has 0 aliphatic heterocycles. The van der Waals surface area contributed by atoms with Crippen LogP contribution in [0.4, 0.5) is 0 Å². The highest BCUT2D eigenvalue weighted by atomic mass is 32.1. The molecule has 1 heterocycles. The Hall–Kier alpha value is -0.450. The van der Waals surface area contributed by atoms with Crippen LogP contribution in [-0.4, -0.2) is 24.2 Å². The van der Waals surface area contributed by atoms with E-state index in [1.165, 1.54) is 4.88 Å². The van der Waals surface area contributed by atoms with Gasteiger partial charge in [0.1, 0.15) is 5.01 Å². The molecular weight excluding hydrogens is 220 g/mol. The molecule has 16 heavy (non-hydrogen) atoms. The average Bonchev–Trinajstić information content (AvgIpc) is 2.65. The van der Waals surface area contributed by atoms with Crippen molar-refractivity contribution in [2.45, 2.75) is 46.3 Å². The largest absolute Gasteiger partial charge is 0.377 e. The van der Waals surface area contributed by atoms with Crippen molar-refractivity contribution in [3.05, 3.63) is 16.1 Å². The van der Waals surface area contributed by atoms with Gasteiger partial charge in [-0.05, 0) is 19.8 Å². The maximum atomic E-state index is 5.44. The Morgan fingerprint density at radius 2 is 2.12 bits per heavy atom. The van der Waals surface area contributed by atoms with Crippen LogP contribution in [0.15, 0.2) is 6.20 Å². The molecule has 0 radical (unpaired) electrons. The summed E-state index contributed by atoms with van der Waals surface area (Å²) in [6.07, 6.45) is 2.30. The van der Waals surface area contributed by atoms with Gasteiger partial charge in [-0.1, -0.05) is 13.8 Å². The molecule has 0 aliphatic rings. The maximum Gasteiger partial charge on any atom is 0.107 e. The van der Waals surface area contributed by atoms with E-state index in [1.807, 2.05) is 6.20 Å². The smallest absolute Gasteiger partial charge is 0.107 e. The molecule has 0 unspecified atom stereocenters. The first-order chi connectivity index (χ1) is 7.59. The van der Waals surface area contributed by atoms with Crippen LogP contribution >= 0.6 is 11.3 Å². The van der Waals surface area contributed by atoms with E-state index < -0.39 is 0 Å². The number of hydrogen-bond donors (Lipinski definition) is 1. The molecule has 0 amide bonds. The van der Waals surface area contributed by atoms with E-state index in [9.17, 15) is 0 Å². The van der Waals surface area contributed by atoms with E-state index in [0.29, 0.717) is 12.0 Å². The molecular formula is C12H22N2OS. The van der Waals surface area contributed by atoms with Crippen LogP contribution in [0, 0.1) is 0 Å². The third-order valence-corrected chi connectivity index (χ3v) is 3.44. The Balaban J connectivity index is 2.17. The number of ether oxygens (including phenoxy) is 1. The number of hydrogen-bond acceptors (Lipinski definition) is 4. The SMILES string of the molecule is CC(C)OCCNCc1ncc(C(C)C)s1. The van der Waals surface area contributed by atoms with E-state index in [0.717, 1.165) is 24.7 Å². The number of rotatable bonds is 7. The molecule has 0 saturated carbocycles. The molecule has 1 N–H and O–H groups in total. The van der Waals surface area contributed by atoms with Gasteiger partial charge in [-0.3, -0.25) is 0 Å². The van der Waals surface area contributed by atoms with Crippen LogP contribution in [0.5, 0.6) is 0 Å². The van der Waals surface area contributed by atoms with E-state index in [4.69, 9.17) is 4.74 Å². The van der Waals surface area contributed by atoms with E-state index >= 15 is 0 Å². The van der Waals surface area contributed by atoms with Crippen LogP contribution in [0.2, 0.25) is 0 Å². The Bertz CT molecular complexity index is 297. The van der Waals surface area contributed by atoms with E-state index in [2.05, 4.69) is 38.0 Å². The van der Waals surface area contributed by atoms with Crippen molar-refractivity contribution in [1.29, 1.82) is 0 Å². The number of aromatic nitrogens is 1. The highest BCUT2D eigenvalue weighted by Gasteiger charge is 2.04. The summed E-state index contributed by atoms with van der Waals surface area (Å²) in [7, 11) is 0. The van der Waals surface area contributed by atoms with Crippen molar-refractivity contribution >= 4 is 11.3 Å². The molecule has 0 atom stereocenters. The van der Waals surface area contributed by atoms with Gasteiger partial charge in [0, 0.05) is 24.2 Å². The molecule has 1 rings (SSSR count). The van der Waals surface area contributed by atoms with Gasteiger partial charge in [0.05, 0.1) is 12.7 Å². The molecule has 0 saturated heterocycles. The summed E-state index contributed by atoms with van der Waals surface area (Å²) < 4.78 is 5.44. The topological polar surface area (TPSA) is 34.1 Å². The Morgan fingerprint density at radius 3 is 2.69 bits per heavy atom. The Morgan fingerprint density at radius 1 is 1.38 bits per heavy atom. The zero-order chi connectivity index (χ0) is 12.0. The minimum Gasteiger partial charge on any atom is -0.377 e. The Labute approximate surface area is 102 Å². The lowest BCUT2D eigenvalue weighted by Gasteiger charge is -2.07. The van der Waals surface area contributed by atoms with Gasteiger partial charge < -0.3 is 10.1 Å². The predicted octanol–water partition coefficient (Wildman–Crippen LogP) is 2.78. The van der Waals surface area contributed by atoms with Gasteiger partial charge in [0.2, 0.25) is 0 Å². The second-order valence-electron chi connectivity index (χ2n) is 4.41. The van der Waals surface area contributed by atoms with Crippen molar-refractivity contribution in [1.82, 2.24) is 10.3 Å². The van der Waals surface area contributed by atoms with Crippen molar-refractivity contribution in [2.24, 2.45) is 0 Å². The summed E-state index contributed by atoms with van der Waals surface area (Å²) >= 11 is 1.79. The normalized spacial score (nSPS) is 11.6. The summed E-state index contributed by atoms with van der Waals surface area (Å²) in [5.41, 5.74) is 0. The first kappa shape index (κ1) is 13.6. The van der Waals surface area contributed by atoms with Crippen LogP contribution in [0.25, 0.3) is 0 Å². The number of nitrogens with one attached hydrogen (secondary N) is 1. The van der Waals surface area contributed by atoms with Crippen LogP contribution in [-0.2, 0) is 11.3 Å². The number of nitrogens with zero attached hydrogens (tertiary/aromatic N) is 1. The lowest BCUT2D eigenvalue weighted by Crippen LogP contribution is -2.20. The third kappa shape index (κ3) is 5.05. The minimum atomic E-state index is 0.314. The van der Waals surface area contributed by atoms with Crippen LogP contribution in [0.1, 0.15) is 43.5 Å². The van der Waals surface area contributed by atoms with Gasteiger partial charge in [-0.2, -0.15) is 0 Å².